The van der Waals surface area contributed by atoms with E-state index in [9.17, 15) is 14.9 Å². The van der Waals surface area contributed by atoms with Crippen LogP contribution < -0.4 is 5.32 Å². The molecule has 0 aliphatic carbocycles. The van der Waals surface area contributed by atoms with E-state index in [0.29, 0.717) is 16.6 Å². The fourth-order valence-electron chi connectivity index (χ4n) is 2.41. The summed E-state index contributed by atoms with van der Waals surface area (Å²) in [7, 11) is 0. The molecule has 2 N–H and O–H groups in total. The van der Waals surface area contributed by atoms with Crippen LogP contribution in [-0.4, -0.2) is 32.5 Å². The Bertz CT molecular complexity index is 944. The van der Waals surface area contributed by atoms with Gasteiger partial charge < -0.3 is 10.4 Å². The van der Waals surface area contributed by atoms with Crippen LogP contribution in [0.25, 0.3) is 22.2 Å². The highest BCUT2D eigenvalue weighted by Gasteiger charge is 2.14. The van der Waals surface area contributed by atoms with Gasteiger partial charge in [0.2, 0.25) is 5.95 Å². The zero-order chi connectivity index (χ0) is 17.8. The Labute approximate surface area is 142 Å². The van der Waals surface area contributed by atoms with Crippen molar-refractivity contribution in [1.82, 2.24) is 9.97 Å². The highest BCUT2D eigenvalue weighted by molar-refractivity contribution is 5.94. The molecule has 3 aromatic rings. The van der Waals surface area contributed by atoms with Crippen LogP contribution in [0.5, 0.6) is 0 Å². The van der Waals surface area contributed by atoms with E-state index in [1.165, 1.54) is 12.1 Å². The summed E-state index contributed by atoms with van der Waals surface area (Å²) in [5.74, 6) is -0.645. The van der Waals surface area contributed by atoms with Crippen molar-refractivity contribution in [2.24, 2.45) is 0 Å². The number of benzene rings is 2. The van der Waals surface area contributed by atoms with Crippen molar-refractivity contribution in [3.63, 3.8) is 0 Å². The van der Waals surface area contributed by atoms with E-state index in [0.717, 1.165) is 5.56 Å². The van der Waals surface area contributed by atoms with Crippen LogP contribution in [0, 0.1) is 10.1 Å². The van der Waals surface area contributed by atoms with Gasteiger partial charge in [0.05, 0.1) is 22.6 Å². The second kappa shape index (κ2) is 6.91. The van der Waals surface area contributed by atoms with Gasteiger partial charge in [0, 0.05) is 29.6 Å². The van der Waals surface area contributed by atoms with Gasteiger partial charge in [-0.05, 0) is 6.07 Å². The Balaban J connectivity index is 2.11. The first-order valence-electron chi connectivity index (χ1n) is 7.52. The number of anilines is 1. The molecule has 0 saturated carbocycles. The average molecular weight is 338 g/mol. The number of hydrogen-bond donors (Lipinski definition) is 2. The third-order valence-electron chi connectivity index (χ3n) is 3.56. The van der Waals surface area contributed by atoms with Crippen LogP contribution in [0.2, 0.25) is 0 Å². The number of carbonyl (C=O) groups is 1. The van der Waals surface area contributed by atoms with Gasteiger partial charge in [0.25, 0.3) is 5.69 Å². The lowest BCUT2D eigenvalue weighted by Gasteiger charge is -2.10. The molecule has 0 atom stereocenters. The Morgan fingerprint density at radius 3 is 2.60 bits per heavy atom. The van der Waals surface area contributed by atoms with Crippen LogP contribution in [0.1, 0.15) is 6.42 Å². The molecule has 25 heavy (non-hydrogen) atoms. The van der Waals surface area contributed by atoms with Crippen molar-refractivity contribution in [1.29, 1.82) is 0 Å². The van der Waals surface area contributed by atoms with Crippen LogP contribution >= 0.6 is 0 Å². The van der Waals surface area contributed by atoms with E-state index in [4.69, 9.17) is 5.11 Å². The van der Waals surface area contributed by atoms with Gasteiger partial charge in [-0.15, -0.1) is 0 Å². The molecule has 8 nitrogen and oxygen atoms in total. The standard InChI is InChI=1S/C17H14N4O4/c22-15(23)8-9-18-17-19-14-7-6-12(21(24)25)10-13(14)16(20-17)11-4-2-1-3-5-11/h1-7,10H,8-9H2,(H,22,23)(H,18,19,20). The lowest BCUT2D eigenvalue weighted by molar-refractivity contribution is -0.384. The van der Waals surface area contributed by atoms with Crippen molar-refractivity contribution < 1.29 is 14.8 Å². The molecule has 0 spiro atoms. The molecule has 8 heteroatoms. The summed E-state index contributed by atoms with van der Waals surface area (Å²) < 4.78 is 0. The SMILES string of the molecule is O=C(O)CCNc1nc(-c2ccccc2)c2cc([N+](=O)[O-])ccc2n1. The fraction of sp³-hybridized carbons (Fsp3) is 0.118. The number of aromatic nitrogens is 2. The molecule has 1 heterocycles. The Kier molecular flexibility index (Phi) is 4.51. The van der Waals surface area contributed by atoms with E-state index in [1.54, 1.807) is 6.07 Å². The molecule has 0 bridgehead atoms. The Hall–Kier alpha value is -3.55. The fourth-order valence-corrected chi connectivity index (χ4v) is 2.41. The predicted molar refractivity (Wildman–Crippen MR) is 92.4 cm³/mol. The Morgan fingerprint density at radius 1 is 1.16 bits per heavy atom. The molecule has 0 radical (unpaired) electrons. The molecule has 0 unspecified atom stereocenters. The first-order chi connectivity index (χ1) is 12.0. The summed E-state index contributed by atoms with van der Waals surface area (Å²) in [6.45, 7) is 0.183. The largest absolute Gasteiger partial charge is 0.481 e. The van der Waals surface area contributed by atoms with E-state index < -0.39 is 10.9 Å². The molecule has 1 aromatic heterocycles. The van der Waals surface area contributed by atoms with Gasteiger partial charge >= 0.3 is 5.97 Å². The maximum absolute atomic E-state index is 11.1. The number of nitro groups is 1. The second-order valence-corrected chi connectivity index (χ2v) is 5.29. The molecule has 0 aliphatic heterocycles. The van der Waals surface area contributed by atoms with Crippen molar-refractivity contribution in [2.45, 2.75) is 6.42 Å². The van der Waals surface area contributed by atoms with Crippen LogP contribution in [0.3, 0.4) is 0 Å². The van der Waals surface area contributed by atoms with Crippen molar-refractivity contribution in [2.75, 3.05) is 11.9 Å². The van der Waals surface area contributed by atoms with E-state index in [1.807, 2.05) is 30.3 Å². The molecule has 0 amide bonds. The van der Waals surface area contributed by atoms with E-state index in [-0.39, 0.29) is 24.6 Å². The van der Waals surface area contributed by atoms with Gasteiger partial charge in [-0.25, -0.2) is 9.97 Å². The normalized spacial score (nSPS) is 10.6. The molecular weight excluding hydrogens is 324 g/mol. The average Bonchev–Trinajstić information content (AvgIpc) is 2.61. The number of carboxylic acid groups (broad SMARTS) is 1. The second-order valence-electron chi connectivity index (χ2n) is 5.29. The first-order valence-corrected chi connectivity index (χ1v) is 7.52. The molecule has 3 rings (SSSR count). The van der Waals surface area contributed by atoms with Crippen molar-refractivity contribution in [3.05, 3.63) is 58.6 Å². The molecule has 2 aromatic carbocycles. The zero-order valence-corrected chi connectivity index (χ0v) is 13.0. The lowest BCUT2D eigenvalue weighted by atomic mass is 10.1. The lowest BCUT2D eigenvalue weighted by Crippen LogP contribution is -2.10. The van der Waals surface area contributed by atoms with Crippen LogP contribution in [0.15, 0.2) is 48.5 Å². The quantitative estimate of drug-likeness (QED) is 0.523. The van der Waals surface area contributed by atoms with Gasteiger partial charge in [-0.2, -0.15) is 0 Å². The first kappa shape index (κ1) is 16.3. The maximum Gasteiger partial charge on any atom is 0.305 e. The summed E-state index contributed by atoms with van der Waals surface area (Å²) in [5, 5.41) is 23.2. The third-order valence-corrected chi connectivity index (χ3v) is 3.56. The monoisotopic (exact) mass is 338 g/mol. The number of hydrogen-bond acceptors (Lipinski definition) is 6. The molecular formula is C17H14N4O4. The third kappa shape index (κ3) is 3.69. The highest BCUT2D eigenvalue weighted by Crippen LogP contribution is 2.29. The van der Waals surface area contributed by atoms with Gasteiger partial charge in [-0.1, -0.05) is 30.3 Å². The number of aliphatic carboxylic acids is 1. The number of carboxylic acids is 1. The van der Waals surface area contributed by atoms with Gasteiger partial charge in [0.1, 0.15) is 0 Å². The number of rotatable bonds is 6. The predicted octanol–water partition coefficient (Wildman–Crippen LogP) is 3.09. The van der Waals surface area contributed by atoms with Crippen LogP contribution in [0.4, 0.5) is 11.6 Å². The van der Waals surface area contributed by atoms with Gasteiger partial charge in [0.15, 0.2) is 0 Å². The number of nitro benzene ring substituents is 1. The summed E-state index contributed by atoms with van der Waals surface area (Å²) in [4.78, 5) is 30.0. The minimum absolute atomic E-state index is 0.0418. The number of nitrogens with zero attached hydrogens (tertiary/aromatic N) is 3. The van der Waals surface area contributed by atoms with E-state index in [2.05, 4.69) is 15.3 Å². The highest BCUT2D eigenvalue weighted by atomic mass is 16.6. The van der Waals surface area contributed by atoms with Crippen molar-refractivity contribution >= 4 is 28.5 Å². The number of fused-ring (bicyclic) bond motifs is 1. The van der Waals surface area contributed by atoms with Crippen LogP contribution in [-0.2, 0) is 4.79 Å². The molecule has 0 aliphatic rings. The number of non-ortho nitro benzene ring substituents is 1. The maximum atomic E-state index is 11.1. The Morgan fingerprint density at radius 2 is 1.92 bits per heavy atom. The van der Waals surface area contributed by atoms with Crippen molar-refractivity contribution in [3.8, 4) is 11.3 Å². The van der Waals surface area contributed by atoms with E-state index >= 15 is 0 Å². The summed E-state index contributed by atoms with van der Waals surface area (Å²) in [5.41, 5.74) is 1.83. The summed E-state index contributed by atoms with van der Waals surface area (Å²) in [6.07, 6.45) is -0.0671. The molecule has 126 valence electrons. The molecule has 0 saturated heterocycles. The van der Waals surface area contributed by atoms with Gasteiger partial charge in [-0.3, -0.25) is 14.9 Å². The minimum atomic E-state index is -0.924. The summed E-state index contributed by atoms with van der Waals surface area (Å²) >= 11 is 0. The topological polar surface area (TPSA) is 118 Å². The summed E-state index contributed by atoms with van der Waals surface area (Å²) in [6, 6.07) is 13.6. The minimum Gasteiger partial charge on any atom is -0.481 e. The number of nitrogens with one attached hydrogen (secondary N) is 1. The zero-order valence-electron chi connectivity index (χ0n) is 13.0. The smallest absolute Gasteiger partial charge is 0.305 e. The molecule has 0 fully saturated rings.